The van der Waals surface area contributed by atoms with Crippen molar-refractivity contribution in [2.24, 2.45) is 7.05 Å². The van der Waals surface area contributed by atoms with Gasteiger partial charge in [0.1, 0.15) is 11.5 Å². The van der Waals surface area contributed by atoms with Crippen LogP contribution in [0.2, 0.25) is 0 Å². The Morgan fingerprint density at radius 3 is 2.52 bits per heavy atom. The van der Waals surface area contributed by atoms with Crippen LogP contribution in [-0.4, -0.2) is 26.2 Å². The Morgan fingerprint density at radius 2 is 1.96 bits per heavy atom. The molecular formula is C19H25BrN4O. The van der Waals surface area contributed by atoms with E-state index in [9.17, 15) is 0 Å². The first-order chi connectivity index (χ1) is 11.9. The molecule has 0 aliphatic carbocycles. The van der Waals surface area contributed by atoms with Crippen LogP contribution >= 0.6 is 15.9 Å². The summed E-state index contributed by atoms with van der Waals surface area (Å²) in [6.07, 6.45) is 5.66. The minimum Gasteiger partial charge on any atom is -0.492 e. The molecule has 0 unspecified atom stereocenters. The SMILES string of the molecule is C=C(Cn1nc(C(=C)OCC)c(Br)c1C(=C)CCC)c1cnn(C)c1. The maximum atomic E-state index is 5.54. The van der Waals surface area contributed by atoms with E-state index in [1.807, 2.05) is 24.9 Å². The number of hydrogen-bond donors (Lipinski definition) is 0. The van der Waals surface area contributed by atoms with Crippen LogP contribution in [0, 0.1) is 0 Å². The van der Waals surface area contributed by atoms with Crippen LogP contribution in [-0.2, 0) is 18.3 Å². The summed E-state index contributed by atoms with van der Waals surface area (Å²) in [5.41, 5.74) is 4.61. The number of nitrogens with zero attached hydrogens (tertiary/aromatic N) is 4. The second-order valence-electron chi connectivity index (χ2n) is 5.88. The molecule has 5 nitrogen and oxygen atoms in total. The van der Waals surface area contributed by atoms with Gasteiger partial charge in [0.05, 0.1) is 29.5 Å². The molecule has 0 aliphatic rings. The van der Waals surface area contributed by atoms with Gasteiger partial charge in [0.15, 0.2) is 0 Å². The molecule has 2 aromatic heterocycles. The highest BCUT2D eigenvalue weighted by Gasteiger charge is 2.21. The molecule has 6 heteroatoms. The molecule has 0 saturated heterocycles. The highest BCUT2D eigenvalue weighted by Crippen LogP contribution is 2.33. The van der Waals surface area contributed by atoms with E-state index in [0.29, 0.717) is 24.6 Å². The lowest BCUT2D eigenvalue weighted by Gasteiger charge is -2.11. The fourth-order valence-corrected chi connectivity index (χ4v) is 3.39. The predicted octanol–water partition coefficient (Wildman–Crippen LogP) is 4.91. The fourth-order valence-electron chi connectivity index (χ4n) is 2.61. The van der Waals surface area contributed by atoms with Crippen LogP contribution in [0.1, 0.15) is 43.6 Å². The number of aryl methyl sites for hydroxylation is 1. The minimum atomic E-state index is 0.543. The summed E-state index contributed by atoms with van der Waals surface area (Å²) in [5.74, 6) is 0.547. The Morgan fingerprint density at radius 1 is 1.24 bits per heavy atom. The number of rotatable bonds is 9. The first kappa shape index (κ1) is 19.2. The number of aromatic nitrogens is 4. The second kappa shape index (κ2) is 8.34. The van der Waals surface area contributed by atoms with Gasteiger partial charge in [-0.15, -0.1) is 0 Å². The monoisotopic (exact) mass is 404 g/mol. The van der Waals surface area contributed by atoms with E-state index in [4.69, 9.17) is 9.84 Å². The Bertz CT molecular complexity index is 800. The van der Waals surface area contributed by atoms with Gasteiger partial charge in [-0.1, -0.05) is 33.1 Å². The predicted molar refractivity (Wildman–Crippen MR) is 107 cm³/mol. The zero-order valence-electron chi connectivity index (χ0n) is 15.2. The molecule has 2 rings (SSSR count). The van der Waals surface area contributed by atoms with Crippen molar-refractivity contribution in [1.29, 1.82) is 0 Å². The molecule has 25 heavy (non-hydrogen) atoms. The molecule has 0 amide bonds. The van der Waals surface area contributed by atoms with Gasteiger partial charge in [-0.05, 0) is 40.4 Å². The Kier molecular flexibility index (Phi) is 6.42. The normalized spacial score (nSPS) is 10.7. The molecule has 0 atom stereocenters. The summed E-state index contributed by atoms with van der Waals surface area (Å²) in [4.78, 5) is 0. The Balaban J connectivity index is 2.40. The third-order valence-electron chi connectivity index (χ3n) is 3.82. The fraction of sp³-hybridized carbons (Fsp3) is 0.368. The van der Waals surface area contributed by atoms with Crippen LogP contribution < -0.4 is 0 Å². The van der Waals surface area contributed by atoms with Crippen molar-refractivity contribution >= 4 is 32.8 Å². The molecule has 0 radical (unpaired) electrons. The van der Waals surface area contributed by atoms with Crippen LogP contribution in [0.3, 0.4) is 0 Å². The summed E-state index contributed by atoms with van der Waals surface area (Å²) in [7, 11) is 1.89. The van der Waals surface area contributed by atoms with Crippen LogP contribution in [0.4, 0.5) is 0 Å². The topological polar surface area (TPSA) is 44.9 Å². The van der Waals surface area contributed by atoms with E-state index in [2.05, 4.69) is 47.7 Å². The van der Waals surface area contributed by atoms with Gasteiger partial charge in [-0.3, -0.25) is 9.36 Å². The third-order valence-corrected chi connectivity index (χ3v) is 4.57. The zero-order chi connectivity index (χ0) is 18.6. The van der Waals surface area contributed by atoms with Gasteiger partial charge in [-0.25, -0.2) is 0 Å². The standard InChI is InChI=1S/C19H25BrN4O/c1-7-9-13(3)19-17(20)18(15(5)25-8-2)22-24(19)11-14(4)16-10-21-23(6)12-16/h10,12H,3-5,7-9,11H2,1-2,6H3. The molecule has 0 spiro atoms. The summed E-state index contributed by atoms with van der Waals surface area (Å²) in [5, 5.41) is 8.91. The van der Waals surface area contributed by atoms with Crippen molar-refractivity contribution in [3.8, 4) is 0 Å². The largest absolute Gasteiger partial charge is 0.492 e. The van der Waals surface area contributed by atoms with Crippen molar-refractivity contribution in [2.75, 3.05) is 6.61 Å². The highest BCUT2D eigenvalue weighted by molar-refractivity contribution is 9.10. The molecule has 0 bridgehead atoms. The van der Waals surface area contributed by atoms with E-state index >= 15 is 0 Å². The zero-order valence-corrected chi connectivity index (χ0v) is 16.8. The van der Waals surface area contributed by atoms with Gasteiger partial charge in [0, 0.05) is 18.8 Å². The lowest BCUT2D eigenvalue weighted by molar-refractivity contribution is 0.297. The quantitative estimate of drug-likeness (QED) is 0.557. The molecule has 0 N–H and O–H groups in total. The van der Waals surface area contributed by atoms with Gasteiger partial charge in [0.25, 0.3) is 0 Å². The number of ether oxygens (including phenoxy) is 1. The Hall–Kier alpha value is -2.08. The van der Waals surface area contributed by atoms with Crippen molar-refractivity contribution in [1.82, 2.24) is 19.6 Å². The molecular weight excluding hydrogens is 380 g/mol. The number of hydrogen-bond acceptors (Lipinski definition) is 3. The summed E-state index contributed by atoms with van der Waals surface area (Å²) in [6.45, 7) is 17.6. The van der Waals surface area contributed by atoms with E-state index in [-0.39, 0.29) is 0 Å². The van der Waals surface area contributed by atoms with Gasteiger partial charge < -0.3 is 4.74 Å². The van der Waals surface area contributed by atoms with E-state index in [1.165, 1.54) is 0 Å². The molecule has 0 fully saturated rings. The van der Waals surface area contributed by atoms with Crippen molar-refractivity contribution in [2.45, 2.75) is 33.2 Å². The average molecular weight is 405 g/mol. The summed E-state index contributed by atoms with van der Waals surface area (Å²) < 4.78 is 10.1. The molecule has 0 aliphatic heterocycles. The molecule has 0 saturated carbocycles. The minimum absolute atomic E-state index is 0.543. The molecule has 0 aromatic carbocycles. The third kappa shape index (κ3) is 4.31. The molecule has 134 valence electrons. The smallest absolute Gasteiger partial charge is 0.141 e. The second-order valence-corrected chi connectivity index (χ2v) is 6.68. The van der Waals surface area contributed by atoms with Crippen molar-refractivity contribution < 1.29 is 4.74 Å². The average Bonchev–Trinajstić information content (AvgIpc) is 3.12. The van der Waals surface area contributed by atoms with Crippen molar-refractivity contribution in [3.05, 3.63) is 53.6 Å². The lowest BCUT2D eigenvalue weighted by Crippen LogP contribution is -2.06. The van der Waals surface area contributed by atoms with E-state index in [0.717, 1.165) is 39.7 Å². The number of allylic oxidation sites excluding steroid dienone is 2. The van der Waals surface area contributed by atoms with Crippen molar-refractivity contribution in [3.63, 3.8) is 0 Å². The van der Waals surface area contributed by atoms with Gasteiger partial charge in [-0.2, -0.15) is 10.2 Å². The maximum absolute atomic E-state index is 5.54. The maximum Gasteiger partial charge on any atom is 0.141 e. The first-order valence-electron chi connectivity index (χ1n) is 8.32. The Labute approximate surface area is 157 Å². The van der Waals surface area contributed by atoms with E-state index < -0.39 is 0 Å². The molecule has 2 aromatic rings. The van der Waals surface area contributed by atoms with E-state index in [1.54, 1.807) is 10.9 Å². The first-order valence-corrected chi connectivity index (χ1v) is 9.11. The van der Waals surface area contributed by atoms with Crippen LogP contribution in [0.5, 0.6) is 0 Å². The summed E-state index contributed by atoms with van der Waals surface area (Å²) in [6, 6.07) is 0. The lowest BCUT2D eigenvalue weighted by atomic mass is 10.1. The highest BCUT2D eigenvalue weighted by atomic mass is 79.9. The van der Waals surface area contributed by atoms with Gasteiger partial charge in [0.2, 0.25) is 0 Å². The van der Waals surface area contributed by atoms with Gasteiger partial charge >= 0.3 is 0 Å². The van der Waals surface area contributed by atoms with Crippen LogP contribution in [0.15, 0.2) is 36.6 Å². The van der Waals surface area contributed by atoms with Crippen LogP contribution in [0.25, 0.3) is 16.9 Å². The number of halogens is 1. The molecule has 2 heterocycles. The summed E-state index contributed by atoms with van der Waals surface area (Å²) >= 11 is 3.66.